The zero-order valence-corrected chi connectivity index (χ0v) is 9.24. The van der Waals surface area contributed by atoms with Crippen LogP contribution in [0.2, 0.25) is 0 Å². The van der Waals surface area contributed by atoms with E-state index >= 15 is 0 Å². The minimum Gasteiger partial charge on any atom is -0.328 e. The summed E-state index contributed by atoms with van der Waals surface area (Å²) in [6, 6.07) is 3.65. The Hall–Kier alpha value is -0.590. The second-order valence-electron chi connectivity index (χ2n) is 4.45. The van der Waals surface area contributed by atoms with E-state index in [1.165, 1.54) is 12.8 Å². The monoisotopic (exact) mass is 195 g/mol. The molecule has 0 radical (unpaired) electrons. The van der Waals surface area contributed by atoms with E-state index < -0.39 is 0 Å². The Balaban J connectivity index is 2.37. The molecule has 3 heteroatoms. The Bertz CT molecular complexity index is 201. The Morgan fingerprint density at radius 3 is 2.50 bits per heavy atom. The van der Waals surface area contributed by atoms with Gasteiger partial charge in [0.05, 0.1) is 12.5 Å². The number of nitrogens with two attached hydrogens (primary N) is 1. The van der Waals surface area contributed by atoms with Crippen LogP contribution in [0.5, 0.6) is 0 Å². The highest BCUT2D eigenvalue weighted by atomic mass is 15.2. The van der Waals surface area contributed by atoms with Crippen molar-refractivity contribution in [3.63, 3.8) is 0 Å². The SMILES string of the molecule is CC(CC#N)N(C)C1CCC(N)CC1. The van der Waals surface area contributed by atoms with Gasteiger partial charge in [-0.1, -0.05) is 0 Å². The van der Waals surface area contributed by atoms with Crippen LogP contribution in [-0.2, 0) is 0 Å². The van der Waals surface area contributed by atoms with Crippen molar-refractivity contribution < 1.29 is 0 Å². The fourth-order valence-electron chi connectivity index (χ4n) is 2.14. The first-order valence-electron chi connectivity index (χ1n) is 5.49. The van der Waals surface area contributed by atoms with Crippen molar-refractivity contribution in [1.82, 2.24) is 4.90 Å². The fourth-order valence-corrected chi connectivity index (χ4v) is 2.14. The summed E-state index contributed by atoms with van der Waals surface area (Å²) in [5, 5.41) is 8.63. The summed E-state index contributed by atoms with van der Waals surface area (Å²) in [7, 11) is 2.13. The topological polar surface area (TPSA) is 53.0 Å². The summed E-state index contributed by atoms with van der Waals surface area (Å²) in [6.07, 6.45) is 5.27. The number of hydrogen-bond donors (Lipinski definition) is 1. The molecule has 0 heterocycles. The molecule has 1 atom stereocenters. The molecule has 0 amide bonds. The van der Waals surface area contributed by atoms with E-state index in [0.717, 1.165) is 12.8 Å². The van der Waals surface area contributed by atoms with E-state index in [0.29, 0.717) is 24.5 Å². The van der Waals surface area contributed by atoms with Crippen molar-refractivity contribution in [1.29, 1.82) is 5.26 Å². The van der Waals surface area contributed by atoms with Crippen LogP contribution < -0.4 is 5.73 Å². The van der Waals surface area contributed by atoms with E-state index in [9.17, 15) is 0 Å². The van der Waals surface area contributed by atoms with Crippen molar-refractivity contribution >= 4 is 0 Å². The third-order valence-electron chi connectivity index (χ3n) is 3.40. The number of nitrogens with zero attached hydrogens (tertiary/aromatic N) is 2. The van der Waals surface area contributed by atoms with Crippen LogP contribution in [0.3, 0.4) is 0 Å². The summed E-state index contributed by atoms with van der Waals surface area (Å²) in [5.74, 6) is 0. The van der Waals surface area contributed by atoms with Gasteiger partial charge in [-0.25, -0.2) is 0 Å². The van der Waals surface area contributed by atoms with Gasteiger partial charge in [-0.15, -0.1) is 0 Å². The Morgan fingerprint density at radius 1 is 1.43 bits per heavy atom. The largest absolute Gasteiger partial charge is 0.328 e. The van der Waals surface area contributed by atoms with Crippen molar-refractivity contribution in [2.24, 2.45) is 5.73 Å². The Morgan fingerprint density at radius 2 is 2.00 bits per heavy atom. The second kappa shape index (κ2) is 5.33. The Kier molecular flexibility index (Phi) is 4.37. The number of hydrogen-bond acceptors (Lipinski definition) is 3. The molecule has 1 unspecified atom stereocenters. The van der Waals surface area contributed by atoms with Crippen molar-refractivity contribution in [3.05, 3.63) is 0 Å². The second-order valence-corrected chi connectivity index (χ2v) is 4.45. The summed E-state index contributed by atoms with van der Waals surface area (Å²) >= 11 is 0. The molecule has 3 nitrogen and oxygen atoms in total. The lowest BCUT2D eigenvalue weighted by Crippen LogP contribution is -2.42. The average Bonchev–Trinajstić information content (AvgIpc) is 2.18. The summed E-state index contributed by atoms with van der Waals surface area (Å²) in [6.45, 7) is 2.12. The van der Waals surface area contributed by atoms with E-state index in [1.807, 2.05) is 0 Å². The van der Waals surface area contributed by atoms with Crippen molar-refractivity contribution in [2.75, 3.05) is 7.05 Å². The fraction of sp³-hybridized carbons (Fsp3) is 0.909. The molecule has 0 aromatic carbocycles. The van der Waals surface area contributed by atoms with E-state index in [-0.39, 0.29) is 0 Å². The van der Waals surface area contributed by atoms with Crippen LogP contribution >= 0.6 is 0 Å². The minimum absolute atomic E-state index is 0.374. The molecule has 1 fully saturated rings. The molecule has 1 rings (SSSR count). The number of nitriles is 1. The molecule has 0 spiro atoms. The van der Waals surface area contributed by atoms with E-state index in [2.05, 4.69) is 24.9 Å². The van der Waals surface area contributed by atoms with Gasteiger partial charge in [0.2, 0.25) is 0 Å². The first kappa shape index (κ1) is 11.5. The minimum atomic E-state index is 0.374. The van der Waals surface area contributed by atoms with Crippen LogP contribution in [-0.4, -0.2) is 30.1 Å². The smallest absolute Gasteiger partial charge is 0.0638 e. The molecular weight excluding hydrogens is 174 g/mol. The zero-order chi connectivity index (χ0) is 10.6. The molecule has 2 N–H and O–H groups in total. The lowest BCUT2D eigenvalue weighted by Gasteiger charge is -2.36. The molecule has 0 aromatic rings. The maximum atomic E-state index is 8.63. The summed E-state index contributed by atoms with van der Waals surface area (Å²) < 4.78 is 0. The van der Waals surface area contributed by atoms with Gasteiger partial charge in [-0.2, -0.15) is 5.26 Å². The van der Waals surface area contributed by atoms with Crippen LogP contribution in [0.15, 0.2) is 0 Å². The van der Waals surface area contributed by atoms with Crippen LogP contribution in [0, 0.1) is 11.3 Å². The summed E-state index contributed by atoms with van der Waals surface area (Å²) in [5.41, 5.74) is 5.86. The van der Waals surface area contributed by atoms with Gasteiger partial charge < -0.3 is 5.73 Å². The van der Waals surface area contributed by atoms with Gasteiger partial charge in [0.25, 0.3) is 0 Å². The van der Waals surface area contributed by atoms with Gasteiger partial charge in [-0.3, -0.25) is 4.90 Å². The molecule has 1 aliphatic rings. The third kappa shape index (κ3) is 2.97. The normalized spacial score (nSPS) is 29.9. The molecule has 0 aromatic heterocycles. The van der Waals surface area contributed by atoms with E-state index in [1.54, 1.807) is 0 Å². The highest BCUT2D eigenvalue weighted by Crippen LogP contribution is 2.22. The number of rotatable bonds is 3. The maximum Gasteiger partial charge on any atom is 0.0638 e. The van der Waals surface area contributed by atoms with Crippen LogP contribution in [0.4, 0.5) is 0 Å². The van der Waals surface area contributed by atoms with Gasteiger partial charge in [-0.05, 0) is 39.7 Å². The molecule has 0 bridgehead atoms. The lowest BCUT2D eigenvalue weighted by molar-refractivity contribution is 0.142. The van der Waals surface area contributed by atoms with Gasteiger partial charge in [0, 0.05) is 18.1 Å². The van der Waals surface area contributed by atoms with Crippen molar-refractivity contribution in [3.8, 4) is 6.07 Å². The summed E-state index contributed by atoms with van der Waals surface area (Å²) in [4.78, 5) is 2.34. The van der Waals surface area contributed by atoms with E-state index in [4.69, 9.17) is 11.0 Å². The van der Waals surface area contributed by atoms with Gasteiger partial charge in [0.15, 0.2) is 0 Å². The van der Waals surface area contributed by atoms with Crippen LogP contribution in [0.1, 0.15) is 39.0 Å². The molecule has 80 valence electrons. The zero-order valence-electron chi connectivity index (χ0n) is 9.24. The molecule has 1 saturated carbocycles. The molecule has 14 heavy (non-hydrogen) atoms. The highest BCUT2D eigenvalue weighted by Gasteiger charge is 2.24. The Labute approximate surface area is 86.9 Å². The molecule has 0 aliphatic heterocycles. The maximum absolute atomic E-state index is 8.63. The highest BCUT2D eigenvalue weighted by molar-refractivity contribution is 4.85. The van der Waals surface area contributed by atoms with Crippen LogP contribution in [0.25, 0.3) is 0 Å². The average molecular weight is 195 g/mol. The van der Waals surface area contributed by atoms with Gasteiger partial charge in [0.1, 0.15) is 0 Å². The first-order valence-corrected chi connectivity index (χ1v) is 5.49. The molecule has 1 aliphatic carbocycles. The first-order chi connectivity index (χ1) is 6.65. The van der Waals surface area contributed by atoms with Gasteiger partial charge >= 0.3 is 0 Å². The standard InChI is InChI=1S/C11H21N3/c1-9(7-8-12)14(2)11-5-3-10(13)4-6-11/h9-11H,3-7,13H2,1-2H3. The predicted octanol–water partition coefficient (Wildman–Crippen LogP) is 1.49. The molecular formula is C11H21N3. The lowest BCUT2D eigenvalue weighted by atomic mass is 9.90. The predicted molar refractivity (Wildman–Crippen MR) is 57.7 cm³/mol. The third-order valence-corrected chi connectivity index (χ3v) is 3.40. The quantitative estimate of drug-likeness (QED) is 0.742. The molecule has 0 saturated heterocycles. The van der Waals surface area contributed by atoms with Crippen molar-refractivity contribution in [2.45, 2.75) is 57.2 Å².